The van der Waals surface area contributed by atoms with Crippen molar-refractivity contribution < 1.29 is 8.78 Å². The smallest absolute Gasteiger partial charge is 0.201 e. The Morgan fingerprint density at radius 1 is 1.00 bits per heavy atom. The van der Waals surface area contributed by atoms with Crippen LogP contribution in [-0.4, -0.2) is 5.92 Å². The van der Waals surface area contributed by atoms with Crippen molar-refractivity contribution in [2.45, 2.75) is 65.7 Å². The van der Waals surface area contributed by atoms with Crippen LogP contribution in [-0.2, 0) is 0 Å². The minimum Gasteiger partial charge on any atom is -0.201 e. The summed E-state index contributed by atoms with van der Waals surface area (Å²) in [7, 11) is 0. The third-order valence-corrected chi connectivity index (χ3v) is 2.55. The molecule has 0 fully saturated rings. The number of allylic oxidation sites excluding steroid dienone is 2. The summed E-state index contributed by atoms with van der Waals surface area (Å²) in [4.78, 5) is 0. The average Bonchev–Trinajstić information content (AvgIpc) is 2.09. The summed E-state index contributed by atoms with van der Waals surface area (Å²) in [5.41, 5.74) is -0.979. The molecule has 0 unspecified atom stereocenters. The van der Waals surface area contributed by atoms with Gasteiger partial charge in [-0.3, -0.25) is 0 Å². The van der Waals surface area contributed by atoms with E-state index in [1.165, 1.54) is 12.8 Å². The van der Waals surface area contributed by atoms with Crippen molar-refractivity contribution in [2.24, 2.45) is 5.41 Å². The van der Waals surface area contributed by atoms with E-state index in [0.717, 1.165) is 25.3 Å². The van der Waals surface area contributed by atoms with Gasteiger partial charge in [0.1, 0.15) is 0 Å². The first-order chi connectivity index (χ1) is 6.81. The fourth-order valence-corrected chi connectivity index (χ4v) is 1.17. The van der Waals surface area contributed by atoms with Crippen molar-refractivity contribution in [1.82, 2.24) is 0 Å². The van der Waals surface area contributed by atoms with Gasteiger partial charge in [-0.15, -0.1) is 0 Å². The van der Waals surface area contributed by atoms with Gasteiger partial charge in [0.25, 0.3) is 5.92 Å². The van der Waals surface area contributed by atoms with Crippen molar-refractivity contribution in [2.75, 3.05) is 0 Å². The molecule has 90 valence electrons. The lowest BCUT2D eigenvalue weighted by Gasteiger charge is -2.27. The standard InChI is InChI=1S/C13H24F2/c1-5-6-7-8-9-10-11-13(14,15)12(2,3)4/h10-11H,5-9H2,1-4H3/b11-10-. The van der Waals surface area contributed by atoms with Crippen molar-refractivity contribution in [3.05, 3.63) is 12.2 Å². The summed E-state index contributed by atoms with van der Waals surface area (Å²) in [6, 6.07) is 0. The summed E-state index contributed by atoms with van der Waals surface area (Å²) >= 11 is 0. The second kappa shape index (κ2) is 6.24. The molecule has 0 bridgehead atoms. The number of alkyl halides is 2. The molecule has 0 aromatic carbocycles. The Bertz CT molecular complexity index is 187. The zero-order chi connectivity index (χ0) is 11.9. The summed E-state index contributed by atoms with van der Waals surface area (Å²) in [6.45, 7) is 6.83. The van der Waals surface area contributed by atoms with Crippen LogP contribution in [0.15, 0.2) is 12.2 Å². The van der Waals surface area contributed by atoms with Crippen LogP contribution in [0.25, 0.3) is 0 Å². The van der Waals surface area contributed by atoms with Crippen LogP contribution in [0.1, 0.15) is 59.8 Å². The van der Waals surface area contributed by atoms with Crippen molar-refractivity contribution in [3.8, 4) is 0 Å². The molecule has 0 amide bonds. The maximum Gasteiger partial charge on any atom is 0.271 e. The summed E-state index contributed by atoms with van der Waals surface area (Å²) in [5, 5.41) is 0. The Balaban J connectivity index is 3.85. The second-order valence-electron chi connectivity index (χ2n) is 5.12. The molecule has 0 N–H and O–H groups in total. The lowest BCUT2D eigenvalue weighted by atomic mass is 9.87. The molecule has 0 atom stereocenters. The van der Waals surface area contributed by atoms with Crippen LogP contribution in [0.3, 0.4) is 0 Å². The topological polar surface area (TPSA) is 0 Å². The number of unbranched alkanes of at least 4 members (excludes halogenated alkanes) is 4. The van der Waals surface area contributed by atoms with Gasteiger partial charge in [0.15, 0.2) is 0 Å². The molecule has 0 radical (unpaired) electrons. The zero-order valence-corrected chi connectivity index (χ0v) is 10.4. The van der Waals surface area contributed by atoms with Crippen LogP contribution < -0.4 is 0 Å². The van der Waals surface area contributed by atoms with E-state index >= 15 is 0 Å². The summed E-state index contributed by atoms with van der Waals surface area (Å²) in [5.74, 6) is -2.70. The van der Waals surface area contributed by atoms with Crippen LogP contribution in [0, 0.1) is 5.41 Å². The monoisotopic (exact) mass is 218 g/mol. The minimum absolute atomic E-state index is 0.770. The zero-order valence-electron chi connectivity index (χ0n) is 10.4. The quantitative estimate of drug-likeness (QED) is 0.425. The highest BCUT2D eigenvalue weighted by molar-refractivity contribution is 5.00. The Morgan fingerprint density at radius 2 is 1.60 bits per heavy atom. The van der Waals surface area contributed by atoms with Crippen LogP contribution in [0.5, 0.6) is 0 Å². The fraction of sp³-hybridized carbons (Fsp3) is 0.846. The number of hydrogen-bond donors (Lipinski definition) is 0. The van der Waals surface area contributed by atoms with Crippen LogP contribution in [0.4, 0.5) is 8.78 Å². The molecule has 0 aliphatic heterocycles. The Labute approximate surface area is 92.8 Å². The van der Waals surface area contributed by atoms with E-state index in [1.54, 1.807) is 26.8 Å². The first-order valence-electron chi connectivity index (χ1n) is 5.87. The lowest BCUT2D eigenvalue weighted by Crippen LogP contribution is -2.31. The Kier molecular flexibility index (Phi) is 6.07. The average molecular weight is 218 g/mol. The van der Waals surface area contributed by atoms with Gasteiger partial charge in [0, 0.05) is 5.41 Å². The molecular weight excluding hydrogens is 194 g/mol. The van der Waals surface area contributed by atoms with E-state index in [-0.39, 0.29) is 0 Å². The predicted molar refractivity (Wildman–Crippen MR) is 62.3 cm³/mol. The van der Waals surface area contributed by atoms with Gasteiger partial charge in [0.05, 0.1) is 0 Å². The molecule has 0 saturated heterocycles. The minimum atomic E-state index is -2.70. The van der Waals surface area contributed by atoms with E-state index in [9.17, 15) is 8.78 Å². The van der Waals surface area contributed by atoms with Crippen LogP contribution in [0.2, 0.25) is 0 Å². The van der Waals surface area contributed by atoms with E-state index < -0.39 is 11.3 Å². The maximum absolute atomic E-state index is 13.4. The van der Waals surface area contributed by atoms with Crippen molar-refractivity contribution >= 4 is 0 Å². The SMILES string of the molecule is CCCCCC/C=C\C(F)(F)C(C)(C)C. The van der Waals surface area contributed by atoms with Crippen LogP contribution >= 0.6 is 0 Å². The largest absolute Gasteiger partial charge is 0.271 e. The van der Waals surface area contributed by atoms with Gasteiger partial charge >= 0.3 is 0 Å². The maximum atomic E-state index is 13.4. The number of rotatable bonds is 6. The first-order valence-corrected chi connectivity index (χ1v) is 5.87. The third kappa shape index (κ3) is 5.91. The van der Waals surface area contributed by atoms with Gasteiger partial charge in [-0.05, 0) is 18.9 Å². The van der Waals surface area contributed by atoms with Gasteiger partial charge in [0.2, 0.25) is 0 Å². The third-order valence-electron chi connectivity index (χ3n) is 2.55. The molecule has 0 aliphatic rings. The van der Waals surface area contributed by atoms with Gasteiger partial charge in [-0.25, -0.2) is 8.78 Å². The molecule has 0 aliphatic carbocycles. The predicted octanol–water partition coefficient (Wildman–Crippen LogP) is 5.19. The van der Waals surface area contributed by atoms with E-state index in [1.807, 2.05) is 0 Å². The molecule has 0 nitrogen and oxygen atoms in total. The van der Waals surface area contributed by atoms with Gasteiger partial charge in [-0.1, -0.05) is 53.0 Å². The van der Waals surface area contributed by atoms with E-state index in [2.05, 4.69) is 6.92 Å². The fourth-order valence-electron chi connectivity index (χ4n) is 1.17. The molecule has 0 aromatic heterocycles. The number of halogens is 2. The van der Waals surface area contributed by atoms with Crippen molar-refractivity contribution in [1.29, 1.82) is 0 Å². The highest BCUT2D eigenvalue weighted by Gasteiger charge is 2.39. The Hall–Kier alpha value is -0.400. The summed E-state index contributed by atoms with van der Waals surface area (Å²) < 4.78 is 26.8. The molecule has 0 aromatic rings. The molecule has 0 heterocycles. The highest BCUT2D eigenvalue weighted by atomic mass is 19.3. The Morgan fingerprint density at radius 3 is 2.07 bits per heavy atom. The second-order valence-corrected chi connectivity index (χ2v) is 5.12. The van der Waals surface area contributed by atoms with Gasteiger partial charge in [-0.2, -0.15) is 0 Å². The molecular formula is C13H24F2. The van der Waals surface area contributed by atoms with Gasteiger partial charge < -0.3 is 0 Å². The lowest BCUT2D eigenvalue weighted by molar-refractivity contribution is -0.0501. The number of hydrogen-bond acceptors (Lipinski definition) is 0. The molecule has 15 heavy (non-hydrogen) atoms. The molecule has 0 spiro atoms. The molecule has 0 rings (SSSR count). The normalized spacial score (nSPS) is 13.7. The summed E-state index contributed by atoms with van der Waals surface area (Å²) in [6.07, 6.45) is 8.00. The van der Waals surface area contributed by atoms with E-state index in [0.29, 0.717) is 0 Å². The highest BCUT2D eigenvalue weighted by Crippen LogP contribution is 2.36. The first kappa shape index (κ1) is 14.6. The molecule has 2 heteroatoms. The molecule has 0 saturated carbocycles. The van der Waals surface area contributed by atoms with E-state index in [4.69, 9.17) is 0 Å². The van der Waals surface area contributed by atoms with Crippen molar-refractivity contribution in [3.63, 3.8) is 0 Å².